The highest BCUT2D eigenvalue weighted by atomic mass is 35.5. The number of hydrogen-bond acceptors (Lipinski definition) is 21. The molecule has 8 atom stereocenters. The maximum atomic E-state index is 11.9. The number of aliphatic imine (C=N–C) groups is 2. The topological polar surface area (TPSA) is 485 Å². The van der Waals surface area contributed by atoms with Crippen LogP contribution < -0.4 is 49.5 Å². The number of amides is 4. The number of halogens is 2. The van der Waals surface area contributed by atoms with Crippen molar-refractivity contribution in [2.45, 2.75) is 126 Å². The summed E-state index contributed by atoms with van der Waals surface area (Å²) in [6.07, 6.45) is -5.41. The number of aliphatic hydroxyl groups excluding tert-OH is 8. The summed E-state index contributed by atoms with van der Waals surface area (Å²) in [6, 6.07) is 0. The summed E-state index contributed by atoms with van der Waals surface area (Å²) in [6.45, 7) is 2.09. The molecule has 0 aromatic rings. The lowest BCUT2D eigenvalue weighted by atomic mass is 10.0. The van der Waals surface area contributed by atoms with E-state index < -0.39 is 72.5 Å². The zero-order valence-corrected chi connectivity index (χ0v) is 41.9. The van der Waals surface area contributed by atoms with Gasteiger partial charge in [-0.1, -0.05) is 25.7 Å². The molecule has 0 fully saturated rings. The molecule has 0 aliphatic rings. The molecule has 69 heavy (non-hydrogen) atoms. The van der Waals surface area contributed by atoms with Crippen LogP contribution in [-0.4, -0.2) is 217 Å². The van der Waals surface area contributed by atoms with Gasteiger partial charge in [0.2, 0.25) is 0 Å². The van der Waals surface area contributed by atoms with E-state index in [-0.39, 0.29) is 64.1 Å². The van der Waals surface area contributed by atoms with Crippen LogP contribution >= 0.6 is 24.8 Å². The Morgan fingerprint density at radius 1 is 0.493 bits per heavy atom. The van der Waals surface area contributed by atoms with Gasteiger partial charge in [0.25, 0.3) is 23.6 Å². The van der Waals surface area contributed by atoms with Crippen LogP contribution in [-0.2, 0) is 28.7 Å². The van der Waals surface area contributed by atoms with Gasteiger partial charge in [-0.25, -0.2) is 0 Å². The van der Waals surface area contributed by atoms with E-state index in [4.69, 9.17) is 43.2 Å². The van der Waals surface area contributed by atoms with Gasteiger partial charge < -0.3 is 99.8 Å². The normalized spacial score (nSPS) is 14.5. The number of carbonyl (C=O) groups excluding carboxylic acids is 4. The summed E-state index contributed by atoms with van der Waals surface area (Å²) < 4.78 is 9.48. The van der Waals surface area contributed by atoms with Crippen molar-refractivity contribution < 1.29 is 69.5 Å². The molecule has 0 saturated carbocycles. The zero-order valence-electron chi connectivity index (χ0n) is 40.3. The first-order valence-corrected chi connectivity index (χ1v) is 22.1. The Morgan fingerprint density at radius 3 is 1.07 bits per heavy atom. The van der Waals surface area contributed by atoms with E-state index >= 15 is 0 Å². The number of unbranched alkanes of at least 4 members (excludes halogenated alkanes) is 6. The molecular formula is C40H85Cl2N13O14. The number of hydrogen-bond donors (Lipinski definition) is 19. The third-order valence-electron chi connectivity index (χ3n) is 9.27. The predicted octanol–water partition coefficient (Wildman–Crippen LogP) is -5.44. The standard InChI is InChI=1S/C20H41N7O6.C10H22N4O6.C10H20N2O2.2ClH/c1-23-9-10-25-13(21)7-5-3-4-6-8-14(22)26-11-12-27-20(33)18(31)16(29)15(28)17(30)19(32)24-2;11-1-3-13-9(19)7(17)5(15)6(16)8(18)10(20)14-4-2-12;1-13-9(11)7-5-3-4-6-8-10(12)14-2;;/h15-18,23,28-31H,3-12H2,1-2H3,(H2,21,25)(H2,22,26)(H,24,32)(H,27,33);5-8,15-18H,1-4,11-12H2,(H,13,19)(H,14,20);11-12H,3-8H2,1-2H3;2*1H/t15-,16+,17+,18-;5-,6+,7+,8-;;;/m1..../s1. The van der Waals surface area contributed by atoms with E-state index in [2.05, 4.69) is 36.6 Å². The van der Waals surface area contributed by atoms with Crippen molar-refractivity contribution in [3.63, 3.8) is 0 Å². The Bertz CT molecular complexity index is 1400. The lowest BCUT2D eigenvalue weighted by Gasteiger charge is -2.25. The van der Waals surface area contributed by atoms with Crippen molar-refractivity contribution in [2.24, 2.45) is 32.9 Å². The first kappa shape index (κ1) is 73.9. The van der Waals surface area contributed by atoms with Crippen LogP contribution in [0.1, 0.15) is 77.0 Å². The van der Waals surface area contributed by atoms with Crippen LogP contribution in [0.2, 0.25) is 0 Å². The van der Waals surface area contributed by atoms with Crippen LogP contribution in [0.3, 0.4) is 0 Å². The summed E-state index contributed by atoms with van der Waals surface area (Å²) in [5, 5.41) is 103. The molecule has 0 saturated heterocycles. The molecule has 0 aliphatic heterocycles. The molecule has 0 radical (unpaired) electrons. The van der Waals surface area contributed by atoms with E-state index in [1.807, 2.05) is 7.05 Å². The second kappa shape index (κ2) is 47.6. The molecule has 0 aliphatic carbocycles. The monoisotopic (exact) mass is 1040 g/mol. The highest BCUT2D eigenvalue weighted by Gasteiger charge is 2.38. The van der Waals surface area contributed by atoms with E-state index in [1.165, 1.54) is 21.3 Å². The minimum atomic E-state index is -2.05. The van der Waals surface area contributed by atoms with Gasteiger partial charge in [0.15, 0.2) is 36.2 Å². The molecule has 408 valence electrons. The van der Waals surface area contributed by atoms with Crippen LogP contribution in [0.15, 0.2) is 9.98 Å². The van der Waals surface area contributed by atoms with Gasteiger partial charge in [-0.05, 0) is 32.7 Å². The number of amidine groups is 2. The van der Waals surface area contributed by atoms with Crippen molar-refractivity contribution in [3.8, 4) is 0 Å². The number of likely N-dealkylation sites (N-methyl/N-ethyl adjacent to an activating group) is 2. The number of nitrogens with zero attached hydrogens (tertiary/aromatic N) is 2. The smallest absolute Gasteiger partial charge is 0.251 e. The molecule has 29 heteroatoms. The first-order chi connectivity index (χ1) is 31.7. The zero-order chi connectivity index (χ0) is 51.7. The Labute approximate surface area is 417 Å². The minimum absolute atomic E-state index is 0. The van der Waals surface area contributed by atoms with Crippen LogP contribution in [0, 0.1) is 10.8 Å². The molecule has 0 aromatic heterocycles. The van der Waals surface area contributed by atoms with Crippen LogP contribution in [0.5, 0.6) is 0 Å². The number of rotatable bonds is 34. The average Bonchev–Trinajstić information content (AvgIpc) is 3.33. The van der Waals surface area contributed by atoms with Gasteiger partial charge in [-0.2, -0.15) is 0 Å². The van der Waals surface area contributed by atoms with E-state index in [0.29, 0.717) is 36.4 Å². The first-order valence-electron chi connectivity index (χ1n) is 22.1. The maximum absolute atomic E-state index is 11.9. The summed E-state index contributed by atoms with van der Waals surface area (Å²) in [7, 11) is 6.15. The summed E-state index contributed by atoms with van der Waals surface area (Å²) in [5.74, 6) is -2.06. The third-order valence-corrected chi connectivity index (χ3v) is 9.27. The Morgan fingerprint density at radius 2 is 0.783 bits per heavy atom. The molecule has 0 spiro atoms. The third kappa shape index (κ3) is 38.4. The van der Waals surface area contributed by atoms with Gasteiger partial charge in [-0.3, -0.25) is 40.0 Å². The van der Waals surface area contributed by atoms with Gasteiger partial charge in [-0.15, -0.1) is 24.8 Å². The molecule has 0 bridgehead atoms. The predicted molar refractivity (Wildman–Crippen MR) is 266 cm³/mol. The number of carbonyl (C=O) groups is 4. The number of ether oxygens (including phenoxy) is 2. The van der Waals surface area contributed by atoms with Gasteiger partial charge >= 0.3 is 0 Å². The number of methoxy groups -OCH3 is 2. The molecule has 27 nitrogen and oxygen atoms in total. The van der Waals surface area contributed by atoms with Crippen LogP contribution in [0.25, 0.3) is 0 Å². The fraction of sp³-hybridized carbons (Fsp3) is 0.800. The van der Waals surface area contributed by atoms with Crippen molar-refractivity contribution in [1.29, 1.82) is 10.8 Å². The lowest BCUT2D eigenvalue weighted by Crippen LogP contribution is -2.55. The van der Waals surface area contributed by atoms with Gasteiger partial charge in [0.1, 0.15) is 24.4 Å². The number of aliphatic hydroxyl groups is 8. The summed E-state index contributed by atoms with van der Waals surface area (Å²) in [4.78, 5) is 54.2. The maximum Gasteiger partial charge on any atom is 0.251 e. The Hall–Kier alpha value is -4.10. The molecule has 23 N–H and O–H groups in total. The SMILES string of the molecule is CNCCN=C(N)CCCCCCC(N)=NCCNC(=O)[C@H](O)[C@@H](O)[C@@H](O)[C@H](O)C(=O)NC.COC(=N)CCCCCCC(=N)OC.Cl.Cl.NCCNC(=O)[C@@H](O)[C@H](O)[C@H](O)[C@@H](O)C(=O)NCCN. The minimum Gasteiger partial charge on any atom is -0.484 e. The second-order valence-electron chi connectivity index (χ2n) is 14.7. The lowest BCUT2D eigenvalue weighted by molar-refractivity contribution is -0.155. The van der Waals surface area contributed by atoms with Gasteiger partial charge in [0.05, 0.1) is 39.0 Å². The molecule has 0 unspecified atom stereocenters. The van der Waals surface area contributed by atoms with Crippen molar-refractivity contribution in [3.05, 3.63) is 0 Å². The number of nitrogens with one attached hydrogen (secondary N) is 7. The summed E-state index contributed by atoms with van der Waals surface area (Å²) >= 11 is 0. The van der Waals surface area contributed by atoms with Crippen LogP contribution in [0.4, 0.5) is 0 Å². The Kier molecular flexibility index (Phi) is 50.9. The van der Waals surface area contributed by atoms with E-state index in [0.717, 1.165) is 77.2 Å². The average molecular weight is 1040 g/mol. The largest absolute Gasteiger partial charge is 0.484 e. The van der Waals surface area contributed by atoms with Gasteiger partial charge in [0, 0.05) is 72.0 Å². The molecule has 0 rings (SSSR count). The van der Waals surface area contributed by atoms with E-state index in [1.54, 1.807) is 0 Å². The van der Waals surface area contributed by atoms with E-state index in [9.17, 15) is 60.0 Å². The molecular weight excluding hydrogens is 957 g/mol. The summed E-state index contributed by atoms with van der Waals surface area (Å²) in [5.41, 5.74) is 22.0. The van der Waals surface area contributed by atoms with Crippen molar-refractivity contribution >= 4 is 71.9 Å². The van der Waals surface area contributed by atoms with Crippen molar-refractivity contribution in [2.75, 3.05) is 80.7 Å². The second-order valence-corrected chi connectivity index (χ2v) is 14.7. The number of nitrogens with two attached hydrogens (primary N) is 4. The quantitative estimate of drug-likeness (QED) is 0.0162. The highest BCUT2D eigenvalue weighted by Crippen LogP contribution is 2.09. The molecule has 0 heterocycles. The molecule has 0 aromatic carbocycles. The molecule has 4 amide bonds. The fourth-order valence-corrected chi connectivity index (χ4v) is 5.16. The Balaban J connectivity index is -0.000000323. The highest BCUT2D eigenvalue weighted by molar-refractivity contribution is 5.86. The fourth-order valence-electron chi connectivity index (χ4n) is 5.16. The van der Waals surface area contributed by atoms with Crippen molar-refractivity contribution in [1.82, 2.24) is 26.6 Å².